The number of benzene rings is 1. The Hall–Kier alpha value is -3.27. The molecule has 0 spiro atoms. The van der Waals surface area contributed by atoms with Crippen molar-refractivity contribution >= 4 is 17.5 Å². The number of piperidine rings is 1. The topological polar surface area (TPSA) is 133 Å². The van der Waals surface area contributed by atoms with E-state index in [0.29, 0.717) is 18.5 Å². The number of ketones is 1. The largest absolute Gasteiger partial charge is 0.384 e. The second-order valence-electron chi connectivity index (χ2n) is 7.61. The molecule has 4 N–H and O–H groups in total. The number of anilines is 1. The number of hydrogen-bond acceptors (Lipinski definition) is 6. The third-order valence-electron chi connectivity index (χ3n) is 5.61. The van der Waals surface area contributed by atoms with E-state index in [1.54, 1.807) is 11.8 Å². The predicted octanol–water partition coefficient (Wildman–Crippen LogP) is 0.322. The summed E-state index contributed by atoms with van der Waals surface area (Å²) in [6.45, 7) is 1.93. The standard InChI is InChI=1S/C21H26FN5O4/c1-2-26-20(30)17(16(28)12-25-10-4-3-5-15(25)19(24)29)18(23)27(21(26)31)11-13-6-8-14(22)9-7-13/h6-9,15H,2-5,10-12,23H2,1H3,(H2,24,29)/t15-/m0/s1. The van der Waals surface area contributed by atoms with Gasteiger partial charge in [-0.1, -0.05) is 18.6 Å². The van der Waals surface area contributed by atoms with Crippen molar-refractivity contribution in [1.29, 1.82) is 0 Å². The summed E-state index contributed by atoms with van der Waals surface area (Å²) in [4.78, 5) is 52.2. The van der Waals surface area contributed by atoms with E-state index in [2.05, 4.69) is 0 Å². The summed E-state index contributed by atoms with van der Waals surface area (Å²) in [6.07, 6.45) is 2.17. The lowest BCUT2D eigenvalue weighted by Crippen LogP contribution is -2.51. The number of hydrogen-bond donors (Lipinski definition) is 2. The molecule has 1 amide bonds. The Kier molecular flexibility index (Phi) is 6.69. The number of amides is 1. The number of halogens is 1. The second kappa shape index (κ2) is 9.25. The first-order valence-electron chi connectivity index (χ1n) is 10.2. The van der Waals surface area contributed by atoms with Gasteiger partial charge >= 0.3 is 5.69 Å². The van der Waals surface area contributed by atoms with E-state index in [4.69, 9.17) is 11.5 Å². The number of primary amides is 1. The Morgan fingerprint density at radius 3 is 2.42 bits per heavy atom. The molecule has 1 aromatic carbocycles. The highest BCUT2D eigenvalue weighted by molar-refractivity contribution is 6.01. The predicted molar refractivity (Wildman–Crippen MR) is 113 cm³/mol. The summed E-state index contributed by atoms with van der Waals surface area (Å²) in [5, 5.41) is 0. The molecule has 2 aromatic rings. The molecule has 166 valence electrons. The molecule has 0 bridgehead atoms. The molecular weight excluding hydrogens is 405 g/mol. The van der Waals surface area contributed by atoms with Crippen molar-refractivity contribution in [2.45, 2.75) is 45.3 Å². The van der Waals surface area contributed by atoms with Crippen LogP contribution in [0.25, 0.3) is 0 Å². The molecule has 1 aliphatic heterocycles. The minimum atomic E-state index is -0.766. The van der Waals surface area contributed by atoms with Crippen molar-refractivity contribution in [3.05, 3.63) is 62.0 Å². The fraction of sp³-hybridized carbons (Fsp3) is 0.429. The number of nitrogens with two attached hydrogens (primary N) is 2. The van der Waals surface area contributed by atoms with Gasteiger partial charge in [0.25, 0.3) is 5.56 Å². The SMILES string of the molecule is CCn1c(=O)c(C(=O)CN2CCCC[C@H]2C(N)=O)c(N)n(Cc2ccc(F)cc2)c1=O. The lowest BCUT2D eigenvalue weighted by molar-refractivity contribution is -0.124. The van der Waals surface area contributed by atoms with Crippen LogP contribution in [-0.4, -0.2) is 44.9 Å². The van der Waals surface area contributed by atoms with Gasteiger partial charge in [-0.05, 0) is 44.0 Å². The van der Waals surface area contributed by atoms with Gasteiger partial charge in [0.2, 0.25) is 5.91 Å². The van der Waals surface area contributed by atoms with Crippen LogP contribution in [0.3, 0.4) is 0 Å². The van der Waals surface area contributed by atoms with Crippen molar-refractivity contribution in [2.75, 3.05) is 18.8 Å². The first kappa shape index (κ1) is 22.4. The molecule has 0 unspecified atom stereocenters. The number of likely N-dealkylation sites (tertiary alicyclic amines) is 1. The van der Waals surface area contributed by atoms with Crippen LogP contribution >= 0.6 is 0 Å². The zero-order chi connectivity index (χ0) is 22.7. The van der Waals surface area contributed by atoms with Gasteiger partial charge in [0.05, 0.1) is 19.1 Å². The maximum absolute atomic E-state index is 13.2. The van der Waals surface area contributed by atoms with E-state index < -0.39 is 34.8 Å². The van der Waals surface area contributed by atoms with Crippen LogP contribution in [0, 0.1) is 5.82 Å². The number of nitrogens with zero attached hydrogens (tertiary/aromatic N) is 3. The molecule has 2 heterocycles. The highest BCUT2D eigenvalue weighted by Crippen LogP contribution is 2.18. The molecular formula is C21H26FN5O4. The van der Waals surface area contributed by atoms with Crippen LogP contribution < -0.4 is 22.7 Å². The maximum atomic E-state index is 13.2. The lowest BCUT2D eigenvalue weighted by atomic mass is 10.0. The van der Waals surface area contributed by atoms with Crippen molar-refractivity contribution in [1.82, 2.24) is 14.0 Å². The molecule has 1 fully saturated rings. The third-order valence-corrected chi connectivity index (χ3v) is 5.61. The van der Waals surface area contributed by atoms with Crippen LogP contribution in [0.2, 0.25) is 0 Å². The minimum absolute atomic E-state index is 0.0286. The first-order chi connectivity index (χ1) is 14.7. The van der Waals surface area contributed by atoms with Crippen LogP contribution in [-0.2, 0) is 17.9 Å². The highest BCUT2D eigenvalue weighted by Gasteiger charge is 2.31. The Morgan fingerprint density at radius 2 is 1.81 bits per heavy atom. The molecule has 0 radical (unpaired) electrons. The zero-order valence-electron chi connectivity index (χ0n) is 17.3. The van der Waals surface area contributed by atoms with Crippen LogP contribution in [0.15, 0.2) is 33.9 Å². The summed E-state index contributed by atoms with van der Waals surface area (Å²) >= 11 is 0. The fourth-order valence-electron chi connectivity index (χ4n) is 3.95. The monoisotopic (exact) mass is 431 g/mol. The van der Waals surface area contributed by atoms with Gasteiger partial charge < -0.3 is 11.5 Å². The van der Waals surface area contributed by atoms with Crippen LogP contribution in [0.4, 0.5) is 10.2 Å². The Morgan fingerprint density at radius 1 is 1.13 bits per heavy atom. The van der Waals surface area contributed by atoms with Crippen molar-refractivity contribution in [3.63, 3.8) is 0 Å². The molecule has 0 aliphatic carbocycles. The number of carbonyl (C=O) groups is 2. The van der Waals surface area contributed by atoms with Gasteiger partial charge in [-0.3, -0.25) is 28.4 Å². The quantitative estimate of drug-likeness (QED) is 0.607. The molecule has 10 heteroatoms. The van der Waals surface area contributed by atoms with E-state index >= 15 is 0 Å². The fourth-order valence-corrected chi connectivity index (χ4v) is 3.95. The van der Waals surface area contributed by atoms with Crippen molar-refractivity contribution < 1.29 is 14.0 Å². The van der Waals surface area contributed by atoms with E-state index in [1.165, 1.54) is 24.3 Å². The van der Waals surface area contributed by atoms with E-state index in [0.717, 1.165) is 22.0 Å². The van der Waals surface area contributed by atoms with E-state index in [9.17, 15) is 23.6 Å². The average molecular weight is 431 g/mol. The smallest absolute Gasteiger partial charge is 0.332 e. The minimum Gasteiger partial charge on any atom is -0.384 e. The normalized spacial score (nSPS) is 16.9. The van der Waals surface area contributed by atoms with Crippen molar-refractivity contribution in [3.8, 4) is 0 Å². The molecule has 1 saturated heterocycles. The third kappa shape index (κ3) is 4.58. The second-order valence-corrected chi connectivity index (χ2v) is 7.61. The van der Waals surface area contributed by atoms with Gasteiger partial charge in [0.15, 0.2) is 5.78 Å². The van der Waals surface area contributed by atoms with Gasteiger partial charge in [-0.25, -0.2) is 9.18 Å². The van der Waals surface area contributed by atoms with Gasteiger partial charge in [-0.2, -0.15) is 0 Å². The first-order valence-corrected chi connectivity index (χ1v) is 10.2. The highest BCUT2D eigenvalue weighted by atomic mass is 19.1. The Bertz CT molecular complexity index is 1110. The average Bonchev–Trinajstić information content (AvgIpc) is 2.73. The molecule has 31 heavy (non-hydrogen) atoms. The molecule has 1 aliphatic rings. The van der Waals surface area contributed by atoms with Crippen LogP contribution in [0.5, 0.6) is 0 Å². The van der Waals surface area contributed by atoms with Gasteiger partial charge in [0, 0.05) is 6.54 Å². The van der Waals surface area contributed by atoms with Gasteiger partial charge in [-0.15, -0.1) is 0 Å². The Labute approximate surface area is 178 Å². The molecule has 9 nitrogen and oxygen atoms in total. The molecule has 1 aromatic heterocycles. The molecule has 0 saturated carbocycles. The summed E-state index contributed by atoms with van der Waals surface area (Å²) in [5.41, 5.74) is 10.5. The summed E-state index contributed by atoms with van der Waals surface area (Å²) in [6, 6.07) is 4.90. The summed E-state index contributed by atoms with van der Waals surface area (Å²) < 4.78 is 15.3. The number of aromatic nitrogens is 2. The number of carbonyl (C=O) groups excluding carboxylic acids is 2. The van der Waals surface area contributed by atoms with E-state index in [1.807, 2.05) is 0 Å². The number of nitrogen functional groups attached to an aromatic ring is 1. The van der Waals surface area contributed by atoms with Gasteiger partial charge in [0.1, 0.15) is 17.2 Å². The van der Waals surface area contributed by atoms with Crippen LogP contribution in [0.1, 0.15) is 42.1 Å². The Balaban J connectivity index is 2.02. The maximum Gasteiger partial charge on any atom is 0.332 e. The summed E-state index contributed by atoms with van der Waals surface area (Å²) in [5.74, 6) is -1.77. The van der Waals surface area contributed by atoms with Crippen molar-refractivity contribution in [2.24, 2.45) is 5.73 Å². The van der Waals surface area contributed by atoms with E-state index in [-0.39, 0.29) is 31.0 Å². The summed E-state index contributed by atoms with van der Waals surface area (Å²) in [7, 11) is 0. The zero-order valence-corrected chi connectivity index (χ0v) is 17.3. The molecule has 3 rings (SSSR count). The molecule has 1 atom stereocenters. The lowest BCUT2D eigenvalue weighted by Gasteiger charge is -2.33. The number of rotatable bonds is 7. The number of Topliss-reactive ketones (excluding diaryl/α,β-unsaturated/α-hetero) is 1.